The summed E-state index contributed by atoms with van der Waals surface area (Å²) in [6, 6.07) is 3.63. The molecule has 0 unspecified atom stereocenters. The van der Waals surface area contributed by atoms with Crippen molar-refractivity contribution >= 4 is 29.0 Å². The molecule has 2 aromatic rings. The number of ether oxygens (including phenoxy) is 2. The molecule has 0 aliphatic rings. The van der Waals surface area contributed by atoms with E-state index in [0.717, 1.165) is 16.5 Å². The summed E-state index contributed by atoms with van der Waals surface area (Å²) in [7, 11) is 2.55. The third kappa shape index (κ3) is 9.76. The van der Waals surface area contributed by atoms with Crippen molar-refractivity contribution in [1.82, 2.24) is 10.2 Å². The van der Waals surface area contributed by atoms with Gasteiger partial charge in [0.05, 0.1) is 44.9 Å². The van der Waals surface area contributed by atoms with Crippen LogP contribution in [0.4, 0.5) is 4.79 Å². The van der Waals surface area contributed by atoms with Crippen LogP contribution in [0.5, 0.6) is 0 Å². The van der Waals surface area contributed by atoms with Crippen molar-refractivity contribution in [3.63, 3.8) is 0 Å². The van der Waals surface area contributed by atoms with Crippen LogP contribution < -0.4 is 113 Å². The van der Waals surface area contributed by atoms with Crippen LogP contribution in [0, 0.1) is 5.92 Å². The summed E-state index contributed by atoms with van der Waals surface area (Å²) in [5.74, 6) is -1.63. The fourth-order valence-electron chi connectivity index (χ4n) is 2.45. The van der Waals surface area contributed by atoms with E-state index >= 15 is 0 Å². The zero-order chi connectivity index (χ0) is 19.7. The molecule has 0 aliphatic heterocycles. The monoisotopic (exact) mass is 444 g/mol. The second kappa shape index (κ2) is 15.9. The van der Waals surface area contributed by atoms with Crippen molar-refractivity contribution < 1.29 is 142 Å². The number of aromatic nitrogens is 2. The first kappa shape index (κ1) is 30.3. The third-order valence-corrected chi connectivity index (χ3v) is 3.63. The van der Waals surface area contributed by atoms with Gasteiger partial charge in [0, 0.05) is 5.39 Å². The van der Waals surface area contributed by atoms with Gasteiger partial charge in [0.15, 0.2) is 0 Å². The van der Waals surface area contributed by atoms with E-state index in [1.165, 1.54) is 14.2 Å². The van der Waals surface area contributed by atoms with Crippen molar-refractivity contribution in [1.29, 1.82) is 0 Å². The second-order valence-electron chi connectivity index (χ2n) is 5.15. The number of carbonyl (C=O) groups excluding carboxylic acids is 3. The molecule has 0 saturated heterocycles. The van der Waals surface area contributed by atoms with Gasteiger partial charge in [-0.15, -0.1) is 0 Å². The summed E-state index contributed by atoms with van der Waals surface area (Å²) in [6.07, 6.45) is -0.506. The Morgan fingerprint density at radius 1 is 1.18 bits per heavy atom. The van der Waals surface area contributed by atoms with E-state index in [2.05, 4.69) is 14.9 Å². The maximum atomic E-state index is 11.9. The number of fused-ring (bicyclic) bond motifs is 1. The van der Waals surface area contributed by atoms with Crippen LogP contribution in [0.1, 0.15) is 17.5 Å². The number of esters is 2. The molecule has 0 radical (unpaired) electrons. The van der Waals surface area contributed by atoms with Crippen LogP contribution in [0.25, 0.3) is 10.9 Å². The van der Waals surface area contributed by atoms with Crippen LogP contribution in [0.2, 0.25) is 0 Å². The number of aromatic amines is 1. The van der Waals surface area contributed by atoms with Gasteiger partial charge in [-0.1, -0.05) is 6.07 Å². The van der Waals surface area contributed by atoms with Gasteiger partial charge in [0.25, 0.3) is 0 Å². The Labute approximate surface area is 246 Å². The minimum Gasteiger partial charge on any atom is -0.652 e. The molecule has 2 rings (SSSR count). The van der Waals surface area contributed by atoms with Crippen LogP contribution in [0.15, 0.2) is 18.3 Å². The zero-order valence-corrected chi connectivity index (χ0v) is 22.4. The van der Waals surface area contributed by atoms with Gasteiger partial charge in [0.2, 0.25) is 0 Å². The molecule has 28 heavy (non-hydrogen) atoms. The van der Waals surface area contributed by atoms with Crippen LogP contribution in [-0.2, 0) is 32.1 Å². The van der Waals surface area contributed by atoms with Crippen molar-refractivity contribution in [2.75, 3.05) is 14.2 Å². The number of carboxylic acid groups (broad SMARTS) is 2. The number of rotatable bonds is 6. The molecular formula is C16H18K2N2O8. The van der Waals surface area contributed by atoms with E-state index in [-0.39, 0.29) is 122 Å². The summed E-state index contributed by atoms with van der Waals surface area (Å²) in [5, 5.41) is 33.8. The molecule has 142 valence electrons. The van der Waals surface area contributed by atoms with Crippen LogP contribution in [-0.4, -0.2) is 47.6 Å². The molecule has 1 aromatic carbocycles. The first-order valence-corrected chi connectivity index (χ1v) is 7.41. The number of nitrogens with one attached hydrogen (secondary N) is 1. The molecule has 0 bridgehead atoms. The minimum absolute atomic E-state index is 0. The predicted molar refractivity (Wildman–Crippen MR) is 83.3 cm³/mol. The summed E-state index contributed by atoms with van der Waals surface area (Å²) >= 11 is 0. The second-order valence-corrected chi connectivity index (χ2v) is 5.15. The summed E-state index contributed by atoms with van der Waals surface area (Å²) < 4.78 is 9.36. The number of benzene rings is 1. The maximum absolute atomic E-state index is 11.9. The molecule has 0 spiro atoms. The van der Waals surface area contributed by atoms with Crippen molar-refractivity contribution in [3.8, 4) is 0 Å². The van der Waals surface area contributed by atoms with Gasteiger partial charge in [-0.2, -0.15) is 5.10 Å². The van der Waals surface area contributed by atoms with Gasteiger partial charge < -0.3 is 29.6 Å². The van der Waals surface area contributed by atoms with Gasteiger partial charge in [-0.05, 0) is 29.8 Å². The first-order chi connectivity index (χ1) is 12.3. The number of methoxy groups -OCH3 is 2. The standard InChI is InChI=1S/C15H18N2O5.CH2O3.2K/c1-21-14(19)6-10(15(20)22-2)5-9-3-4-13-11(7-16-17-13)12(9)8-18;2-1(3)4;;/h3-4,7,10,18H,5-6,8H2,1-2H3,(H,16,17);(H2,2,3,4);;/q;;2*+1/p-2/t10-;;;/m0.../s1. The minimum atomic E-state index is -2.33. The average Bonchev–Trinajstić information content (AvgIpc) is 3.08. The molecule has 2 N–H and O–H groups in total. The van der Waals surface area contributed by atoms with E-state index in [1.807, 2.05) is 6.07 Å². The largest absolute Gasteiger partial charge is 1.00 e. The fraction of sp³-hybridized carbons (Fsp3) is 0.375. The number of hydrogen-bond acceptors (Lipinski definition) is 9. The number of aliphatic hydroxyl groups excluding tert-OH is 1. The van der Waals surface area contributed by atoms with Crippen molar-refractivity contribution in [2.45, 2.75) is 19.4 Å². The van der Waals surface area contributed by atoms with E-state index in [1.54, 1.807) is 12.3 Å². The Kier molecular flexibility index (Phi) is 17.2. The van der Waals surface area contributed by atoms with Gasteiger partial charge >= 0.3 is 115 Å². The Morgan fingerprint density at radius 2 is 1.79 bits per heavy atom. The summed E-state index contributed by atoms with van der Waals surface area (Å²) in [5.41, 5.74) is 2.26. The number of hydrogen-bond donors (Lipinski definition) is 2. The molecule has 1 aromatic heterocycles. The molecule has 0 saturated carbocycles. The van der Waals surface area contributed by atoms with Gasteiger partial charge in [-0.3, -0.25) is 14.7 Å². The first-order valence-electron chi connectivity index (χ1n) is 7.41. The molecule has 0 aliphatic carbocycles. The Hall–Kier alpha value is 0.133. The van der Waals surface area contributed by atoms with Crippen LogP contribution in [0.3, 0.4) is 0 Å². The molecule has 0 fully saturated rings. The van der Waals surface area contributed by atoms with Gasteiger partial charge in [0.1, 0.15) is 0 Å². The summed E-state index contributed by atoms with van der Waals surface area (Å²) in [4.78, 5) is 31.7. The molecule has 1 atom stereocenters. The quantitative estimate of drug-likeness (QED) is 0.325. The van der Waals surface area contributed by atoms with Gasteiger partial charge in [-0.25, -0.2) is 0 Å². The third-order valence-electron chi connectivity index (χ3n) is 3.63. The molecule has 0 amide bonds. The fourth-order valence-corrected chi connectivity index (χ4v) is 2.45. The number of H-pyrrole nitrogens is 1. The predicted octanol–water partition coefficient (Wildman–Crippen LogP) is -7.49. The van der Waals surface area contributed by atoms with E-state index in [0.29, 0.717) is 5.56 Å². The number of nitrogens with zero attached hydrogens (tertiary/aromatic N) is 1. The average molecular weight is 445 g/mol. The molecule has 1 heterocycles. The SMILES string of the molecule is COC(=O)C[C@H](Cc1ccc2[nH]ncc2c1CO)C(=O)OC.O=C([O-])[O-].[K+].[K+]. The zero-order valence-electron chi connectivity index (χ0n) is 16.2. The smallest absolute Gasteiger partial charge is 0.652 e. The van der Waals surface area contributed by atoms with Crippen LogP contribution >= 0.6 is 0 Å². The summed E-state index contributed by atoms with van der Waals surface area (Å²) in [6.45, 7) is -0.182. The Balaban J connectivity index is 0. The molecular weight excluding hydrogens is 426 g/mol. The maximum Gasteiger partial charge on any atom is 1.00 e. The molecule has 12 heteroatoms. The van der Waals surface area contributed by atoms with E-state index in [4.69, 9.17) is 19.7 Å². The van der Waals surface area contributed by atoms with E-state index in [9.17, 15) is 14.7 Å². The number of carbonyl (C=O) groups is 3. The Morgan fingerprint density at radius 3 is 2.29 bits per heavy atom. The molecule has 10 nitrogen and oxygen atoms in total. The Bertz CT molecular complexity index is 777. The van der Waals surface area contributed by atoms with Crippen molar-refractivity contribution in [2.24, 2.45) is 5.92 Å². The van der Waals surface area contributed by atoms with E-state index < -0.39 is 24.0 Å². The van der Waals surface area contributed by atoms with Crippen molar-refractivity contribution in [3.05, 3.63) is 29.5 Å². The number of aliphatic hydroxyl groups is 1. The topological polar surface area (TPSA) is 165 Å². The normalized spacial score (nSPS) is 10.4.